The molecule has 0 saturated carbocycles. The zero-order valence-corrected chi connectivity index (χ0v) is 20.4. The van der Waals surface area contributed by atoms with Gasteiger partial charge >= 0.3 is 0 Å². The quantitative estimate of drug-likeness (QED) is 0.347. The lowest BCUT2D eigenvalue weighted by Crippen LogP contribution is -2.50. The van der Waals surface area contributed by atoms with Crippen molar-refractivity contribution in [3.8, 4) is 11.5 Å². The summed E-state index contributed by atoms with van der Waals surface area (Å²) in [5.74, 6) is 1.78. The Morgan fingerprint density at radius 3 is 2.77 bits per heavy atom. The summed E-state index contributed by atoms with van der Waals surface area (Å²) in [6.07, 6.45) is 0.172. The van der Waals surface area contributed by atoms with Gasteiger partial charge in [0.25, 0.3) is 0 Å². The summed E-state index contributed by atoms with van der Waals surface area (Å²) in [6, 6.07) is 16.2. The number of benzene rings is 2. The van der Waals surface area contributed by atoms with E-state index in [1.54, 1.807) is 26.3 Å². The SMILES string of the molecule is CN=C(NCc1cc(OC)ccc1O)N1CC2OCCN(Cc3ccccc3)C2C1.I. The van der Waals surface area contributed by atoms with Crippen molar-refractivity contribution in [2.45, 2.75) is 25.2 Å². The molecule has 2 saturated heterocycles. The molecule has 0 amide bonds. The summed E-state index contributed by atoms with van der Waals surface area (Å²) in [5.41, 5.74) is 2.10. The molecule has 2 aliphatic rings. The van der Waals surface area contributed by atoms with E-state index in [4.69, 9.17) is 9.47 Å². The highest BCUT2D eigenvalue weighted by Crippen LogP contribution is 2.26. The lowest BCUT2D eigenvalue weighted by molar-refractivity contribution is -0.0502. The largest absolute Gasteiger partial charge is 0.508 e. The van der Waals surface area contributed by atoms with Gasteiger partial charge in [0.1, 0.15) is 11.5 Å². The number of aliphatic imine (C=N–C) groups is 1. The van der Waals surface area contributed by atoms with E-state index in [9.17, 15) is 5.11 Å². The predicted octanol–water partition coefficient (Wildman–Crippen LogP) is 2.68. The Labute approximate surface area is 201 Å². The first kappa shape index (κ1) is 23.6. The van der Waals surface area contributed by atoms with E-state index in [1.165, 1.54) is 5.56 Å². The zero-order chi connectivity index (χ0) is 20.9. The third-order valence-electron chi connectivity index (χ3n) is 5.88. The van der Waals surface area contributed by atoms with Crippen LogP contribution in [0.3, 0.4) is 0 Å². The van der Waals surface area contributed by atoms with Crippen molar-refractivity contribution in [3.63, 3.8) is 0 Å². The summed E-state index contributed by atoms with van der Waals surface area (Å²) in [4.78, 5) is 9.23. The molecule has 2 unspecified atom stereocenters. The standard InChI is InChI=1S/C23H30N4O3.HI/c1-24-23(25-13-18-12-19(29-2)8-9-21(18)28)27-15-20-22(16-27)30-11-10-26(20)14-17-6-4-3-5-7-17;/h3-9,12,20,22,28H,10-11,13-16H2,1-2H3,(H,24,25);1H. The molecule has 2 aliphatic heterocycles. The Hall–Kier alpha value is -2.04. The Balaban J connectivity index is 0.00000272. The van der Waals surface area contributed by atoms with Crippen LogP contribution in [0.1, 0.15) is 11.1 Å². The lowest BCUT2D eigenvalue weighted by Gasteiger charge is -2.36. The molecule has 0 aromatic heterocycles. The molecule has 7 nitrogen and oxygen atoms in total. The minimum absolute atomic E-state index is 0. The molecule has 2 fully saturated rings. The van der Waals surface area contributed by atoms with Gasteiger partial charge in [0.2, 0.25) is 0 Å². The first-order valence-electron chi connectivity index (χ1n) is 10.4. The molecule has 2 aromatic carbocycles. The molecule has 8 heteroatoms. The average Bonchev–Trinajstić information content (AvgIpc) is 3.21. The highest BCUT2D eigenvalue weighted by molar-refractivity contribution is 14.0. The smallest absolute Gasteiger partial charge is 0.194 e. The Morgan fingerprint density at radius 2 is 2.03 bits per heavy atom. The summed E-state index contributed by atoms with van der Waals surface area (Å²) < 4.78 is 11.4. The van der Waals surface area contributed by atoms with E-state index in [0.29, 0.717) is 12.6 Å². The van der Waals surface area contributed by atoms with Crippen LogP contribution in [0, 0.1) is 0 Å². The van der Waals surface area contributed by atoms with Gasteiger partial charge in [0.05, 0.1) is 25.9 Å². The maximum atomic E-state index is 10.1. The number of aromatic hydroxyl groups is 1. The van der Waals surface area contributed by atoms with E-state index >= 15 is 0 Å². The third-order valence-corrected chi connectivity index (χ3v) is 5.88. The number of phenols is 1. The molecule has 2 aromatic rings. The number of rotatable bonds is 5. The molecule has 2 atom stereocenters. The van der Waals surface area contributed by atoms with Crippen LogP contribution in [-0.2, 0) is 17.8 Å². The Bertz CT molecular complexity index is 880. The van der Waals surface area contributed by atoms with Crippen molar-refractivity contribution in [1.82, 2.24) is 15.1 Å². The maximum absolute atomic E-state index is 10.1. The number of phenolic OH excluding ortho intramolecular Hbond substituents is 1. The Morgan fingerprint density at radius 1 is 1.23 bits per heavy atom. The number of ether oxygens (including phenoxy) is 2. The second kappa shape index (κ2) is 11.0. The monoisotopic (exact) mass is 538 g/mol. The van der Waals surface area contributed by atoms with Gasteiger partial charge in [-0.05, 0) is 23.8 Å². The number of fused-ring (bicyclic) bond motifs is 1. The fourth-order valence-corrected chi connectivity index (χ4v) is 4.28. The predicted molar refractivity (Wildman–Crippen MR) is 132 cm³/mol. The minimum Gasteiger partial charge on any atom is -0.508 e. The van der Waals surface area contributed by atoms with Gasteiger partial charge in [-0.2, -0.15) is 0 Å². The van der Waals surface area contributed by atoms with E-state index in [1.807, 2.05) is 6.07 Å². The molecule has 168 valence electrons. The van der Waals surface area contributed by atoms with E-state index < -0.39 is 0 Å². The highest BCUT2D eigenvalue weighted by Gasteiger charge is 2.41. The number of morpholine rings is 1. The second-order valence-corrected chi connectivity index (χ2v) is 7.73. The average molecular weight is 538 g/mol. The van der Waals surface area contributed by atoms with Crippen molar-refractivity contribution in [3.05, 3.63) is 59.7 Å². The van der Waals surface area contributed by atoms with Crippen LogP contribution in [-0.4, -0.2) is 73.4 Å². The lowest BCUT2D eigenvalue weighted by atomic mass is 10.1. The minimum atomic E-state index is 0. The molecule has 2 N–H and O–H groups in total. The number of methoxy groups -OCH3 is 1. The number of hydrogen-bond acceptors (Lipinski definition) is 5. The first-order valence-corrected chi connectivity index (χ1v) is 10.4. The first-order chi connectivity index (χ1) is 14.7. The number of hydrogen-bond donors (Lipinski definition) is 2. The number of nitrogens with zero attached hydrogens (tertiary/aromatic N) is 3. The van der Waals surface area contributed by atoms with Gasteiger partial charge in [0, 0.05) is 45.3 Å². The second-order valence-electron chi connectivity index (χ2n) is 7.73. The number of halogens is 1. The number of nitrogens with one attached hydrogen (secondary N) is 1. The molecular weight excluding hydrogens is 507 g/mol. The molecular formula is C23H31IN4O3. The molecule has 31 heavy (non-hydrogen) atoms. The maximum Gasteiger partial charge on any atom is 0.194 e. The summed E-state index contributed by atoms with van der Waals surface area (Å²) >= 11 is 0. The third kappa shape index (κ3) is 5.61. The van der Waals surface area contributed by atoms with Crippen LogP contribution >= 0.6 is 24.0 Å². The zero-order valence-electron chi connectivity index (χ0n) is 18.0. The fourth-order valence-electron chi connectivity index (χ4n) is 4.28. The normalized spacial score (nSPS) is 21.4. The van der Waals surface area contributed by atoms with Gasteiger partial charge in [-0.25, -0.2) is 0 Å². The van der Waals surface area contributed by atoms with Crippen LogP contribution < -0.4 is 10.1 Å². The van der Waals surface area contributed by atoms with Gasteiger partial charge in [-0.3, -0.25) is 9.89 Å². The van der Waals surface area contributed by atoms with Crippen molar-refractivity contribution in [2.75, 3.05) is 40.4 Å². The van der Waals surface area contributed by atoms with E-state index in [2.05, 4.69) is 50.4 Å². The molecule has 0 aliphatic carbocycles. The fraction of sp³-hybridized carbons (Fsp3) is 0.435. The molecule has 2 heterocycles. The summed E-state index contributed by atoms with van der Waals surface area (Å²) in [5, 5.41) is 13.5. The van der Waals surface area contributed by atoms with Crippen molar-refractivity contribution < 1.29 is 14.6 Å². The van der Waals surface area contributed by atoms with E-state index in [-0.39, 0.29) is 35.8 Å². The number of likely N-dealkylation sites (tertiary alicyclic amines) is 1. The molecule has 0 spiro atoms. The van der Waals surface area contributed by atoms with Crippen molar-refractivity contribution in [2.24, 2.45) is 4.99 Å². The van der Waals surface area contributed by atoms with Gasteiger partial charge in [-0.15, -0.1) is 24.0 Å². The van der Waals surface area contributed by atoms with Crippen LogP contribution in [0.5, 0.6) is 11.5 Å². The van der Waals surface area contributed by atoms with Crippen LogP contribution in [0.4, 0.5) is 0 Å². The van der Waals surface area contributed by atoms with Crippen LogP contribution in [0.2, 0.25) is 0 Å². The Kier molecular flexibility index (Phi) is 8.39. The van der Waals surface area contributed by atoms with E-state index in [0.717, 1.165) is 50.1 Å². The molecule has 0 bridgehead atoms. The van der Waals surface area contributed by atoms with Crippen molar-refractivity contribution >= 4 is 29.9 Å². The highest BCUT2D eigenvalue weighted by atomic mass is 127. The summed E-state index contributed by atoms with van der Waals surface area (Å²) in [7, 11) is 3.41. The molecule has 0 radical (unpaired) electrons. The summed E-state index contributed by atoms with van der Waals surface area (Å²) in [6.45, 7) is 4.76. The van der Waals surface area contributed by atoms with Gasteiger partial charge in [-0.1, -0.05) is 30.3 Å². The van der Waals surface area contributed by atoms with Crippen LogP contribution in [0.15, 0.2) is 53.5 Å². The number of guanidine groups is 1. The van der Waals surface area contributed by atoms with Crippen LogP contribution in [0.25, 0.3) is 0 Å². The van der Waals surface area contributed by atoms with Gasteiger partial charge in [0.15, 0.2) is 5.96 Å². The van der Waals surface area contributed by atoms with Crippen molar-refractivity contribution in [1.29, 1.82) is 0 Å². The van der Waals surface area contributed by atoms with Gasteiger partial charge < -0.3 is 24.8 Å². The topological polar surface area (TPSA) is 69.6 Å². The molecule has 4 rings (SSSR count).